The maximum Gasteiger partial charge on any atom is 0.308 e. The highest BCUT2D eigenvalue weighted by molar-refractivity contribution is 5.88. The Bertz CT molecular complexity index is 719. The number of hydrogen-bond acceptors (Lipinski definition) is 3. The van der Waals surface area contributed by atoms with Crippen molar-refractivity contribution in [3.05, 3.63) is 35.6 Å². The Labute approximate surface area is 128 Å². The van der Waals surface area contributed by atoms with Crippen molar-refractivity contribution in [2.45, 2.75) is 26.2 Å². The summed E-state index contributed by atoms with van der Waals surface area (Å²) in [6.07, 6.45) is 3.27. The van der Waals surface area contributed by atoms with E-state index in [0.29, 0.717) is 19.5 Å². The van der Waals surface area contributed by atoms with Crippen LogP contribution in [0.2, 0.25) is 0 Å². The smallest absolute Gasteiger partial charge is 0.308 e. The van der Waals surface area contributed by atoms with Gasteiger partial charge < -0.3 is 14.4 Å². The lowest BCUT2D eigenvalue weighted by molar-refractivity contribution is -0.145. The summed E-state index contributed by atoms with van der Waals surface area (Å²) >= 11 is 0. The number of aryl methyl sites for hydroxylation is 1. The predicted molar refractivity (Wildman–Crippen MR) is 81.6 cm³/mol. The van der Waals surface area contributed by atoms with Gasteiger partial charge in [-0.05, 0) is 31.4 Å². The molecule has 1 N–H and O–H groups in total. The number of carbonyl (C=O) groups excluding carboxylic acids is 1. The zero-order valence-electron chi connectivity index (χ0n) is 12.5. The van der Waals surface area contributed by atoms with Gasteiger partial charge in [0.2, 0.25) is 5.91 Å². The second-order valence-electron chi connectivity index (χ2n) is 5.95. The molecule has 1 aromatic heterocycles. The molecule has 0 spiro atoms. The molecule has 0 saturated carbocycles. The highest BCUT2D eigenvalue weighted by Gasteiger charge is 2.28. The molecular formula is C17H19NO4. The van der Waals surface area contributed by atoms with Crippen molar-refractivity contribution in [3.8, 4) is 0 Å². The molecule has 1 fully saturated rings. The molecular weight excluding hydrogens is 282 g/mol. The Morgan fingerprint density at radius 2 is 2.23 bits per heavy atom. The van der Waals surface area contributed by atoms with Crippen LogP contribution in [0.5, 0.6) is 0 Å². The van der Waals surface area contributed by atoms with Crippen molar-refractivity contribution in [1.82, 2.24) is 4.90 Å². The molecule has 2 heterocycles. The number of benzene rings is 1. The number of piperidine rings is 1. The first-order valence-electron chi connectivity index (χ1n) is 7.52. The summed E-state index contributed by atoms with van der Waals surface area (Å²) in [5.74, 6) is -1.29. The lowest BCUT2D eigenvalue weighted by Gasteiger charge is -2.30. The van der Waals surface area contributed by atoms with E-state index in [0.717, 1.165) is 28.5 Å². The standard InChI is InChI=1S/C17H19NO4/c1-11-4-5-14-13(10-22-15(14)7-11)8-16(19)18-6-2-3-12(9-18)17(20)21/h4-5,7,10,12H,2-3,6,8-9H2,1H3,(H,20,21). The summed E-state index contributed by atoms with van der Waals surface area (Å²) in [5, 5.41) is 10.1. The third kappa shape index (κ3) is 2.84. The molecule has 0 bridgehead atoms. The maximum absolute atomic E-state index is 12.4. The summed E-state index contributed by atoms with van der Waals surface area (Å²) in [6.45, 7) is 2.94. The first kappa shape index (κ1) is 14.6. The van der Waals surface area contributed by atoms with Crippen molar-refractivity contribution in [3.63, 3.8) is 0 Å². The van der Waals surface area contributed by atoms with Crippen LogP contribution in [-0.4, -0.2) is 35.0 Å². The number of carbonyl (C=O) groups is 2. The van der Waals surface area contributed by atoms with Crippen molar-refractivity contribution in [2.75, 3.05) is 13.1 Å². The normalized spacial score (nSPS) is 18.6. The van der Waals surface area contributed by atoms with E-state index < -0.39 is 11.9 Å². The molecule has 0 aliphatic carbocycles. The Balaban J connectivity index is 1.74. The molecule has 5 heteroatoms. The van der Waals surface area contributed by atoms with E-state index >= 15 is 0 Å². The van der Waals surface area contributed by atoms with Crippen LogP contribution in [0.25, 0.3) is 11.0 Å². The Hall–Kier alpha value is -2.30. The number of nitrogens with zero attached hydrogens (tertiary/aromatic N) is 1. The summed E-state index contributed by atoms with van der Waals surface area (Å²) in [5.41, 5.74) is 2.75. The van der Waals surface area contributed by atoms with Crippen LogP contribution < -0.4 is 0 Å². The van der Waals surface area contributed by atoms with Gasteiger partial charge in [-0.1, -0.05) is 12.1 Å². The molecule has 1 aliphatic heterocycles. The van der Waals surface area contributed by atoms with Crippen LogP contribution in [-0.2, 0) is 16.0 Å². The molecule has 1 aromatic carbocycles. The molecule has 0 radical (unpaired) electrons. The highest BCUT2D eigenvalue weighted by Crippen LogP contribution is 2.24. The van der Waals surface area contributed by atoms with E-state index in [9.17, 15) is 9.59 Å². The van der Waals surface area contributed by atoms with E-state index in [-0.39, 0.29) is 12.3 Å². The first-order chi connectivity index (χ1) is 10.5. The third-order valence-electron chi connectivity index (χ3n) is 4.28. The zero-order valence-corrected chi connectivity index (χ0v) is 12.5. The monoisotopic (exact) mass is 301 g/mol. The summed E-state index contributed by atoms with van der Waals surface area (Å²) in [6, 6.07) is 5.91. The van der Waals surface area contributed by atoms with E-state index in [1.165, 1.54) is 0 Å². The van der Waals surface area contributed by atoms with E-state index in [4.69, 9.17) is 9.52 Å². The minimum atomic E-state index is -0.818. The Morgan fingerprint density at radius 3 is 3.00 bits per heavy atom. The maximum atomic E-state index is 12.4. The average Bonchev–Trinajstić information content (AvgIpc) is 2.89. The average molecular weight is 301 g/mol. The fourth-order valence-electron chi connectivity index (χ4n) is 3.01. The predicted octanol–water partition coefficient (Wildman–Crippen LogP) is 2.61. The van der Waals surface area contributed by atoms with Gasteiger partial charge >= 0.3 is 5.97 Å². The van der Waals surface area contributed by atoms with Gasteiger partial charge in [-0.3, -0.25) is 9.59 Å². The lowest BCUT2D eigenvalue weighted by Crippen LogP contribution is -2.42. The Morgan fingerprint density at radius 1 is 1.41 bits per heavy atom. The fourth-order valence-corrected chi connectivity index (χ4v) is 3.01. The van der Waals surface area contributed by atoms with Crippen molar-refractivity contribution < 1.29 is 19.1 Å². The third-order valence-corrected chi connectivity index (χ3v) is 4.28. The summed E-state index contributed by atoms with van der Waals surface area (Å²) < 4.78 is 5.51. The number of fused-ring (bicyclic) bond motifs is 1. The van der Waals surface area contributed by atoms with Crippen LogP contribution in [0.15, 0.2) is 28.9 Å². The van der Waals surface area contributed by atoms with Crippen molar-refractivity contribution in [2.24, 2.45) is 5.92 Å². The lowest BCUT2D eigenvalue weighted by atomic mass is 9.97. The number of carboxylic acid groups (broad SMARTS) is 1. The fraction of sp³-hybridized carbons (Fsp3) is 0.412. The SMILES string of the molecule is Cc1ccc2c(CC(=O)N3CCCC(C(=O)O)C3)coc2c1. The number of aliphatic carboxylic acids is 1. The number of carboxylic acids is 1. The second kappa shape index (κ2) is 5.83. The molecule has 22 heavy (non-hydrogen) atoms. The van der Waals surface area contributed by atoms with E-state index in [1.54, 1.807) is 11.2 Å². The number of rotatable bonds is 3. The largest absolute Gasteiger partial charge is 0.481 e. The van der Waals surface area contributed by atoms with Gasteiger partial charge in [0.25, 0.3) is 0 Å². The van der Waals surface area contributed by atoms with Gasteiger partial charge in [0.1, 0.15) is 5.58 Å². The summed E-state index contributed by atoms with van der Waals surface area (Å²) in [4.78, 5) is 25.2. The number of amides is 1. The minimum Gasteiger partial charge on any atom is -0.481 e. The number of furan rings is 1. The number of hydrogen-bond donors (Lipinski definition) is 1. The quantitative estimate of drug-likeness (QED) is 0.946. The minimum absolute atomic E-state index is 0.0331. The molecule has 1 atom stereocenters. The molecule has 3 rings (SSSR count). The van der Waals surface area contributed by atoms with Crippen molar-refractivity contribution >= 4 is 22.8 Å². The van der Waals surface area contributed by atoms with Crippen LogP contribution in [0, 0.1) is 12.8 Å². The van der Waals surface area contributed by atoms with Crippen LogP contribution in [0.1, 0.15) is 24.0 Å². The van der Waals surface area contributed by atoms with Gasteiger partial charge in [0.05, 0.1) is 18.6 Å². The van der Waals surface area contributed by atoms with E-state index in [1.807, 2.05) is 25.1 Å². The molecule has 116 valence electrons. The van der Waals surface area contributed by atoms with Crippen LogP contribution in [0.3, 0.4) is 0 Å². The number of likely N-dealkylation sites (tertiary alicyclic amines) is 1. The molecule has 1 saturated heterocycles. The van der Waals surface area contributed by atoms with Gasteiger partial charge in [0.15, 0.2) is 0 Å². The Kier molecular flexibility index (Phi) is 3.88. The molecule has 1 amide bonds. The van der Waals surface area contributed by atoms with Gasteiger partial charge in [-0.15, -0.1) is 0 Å². The van der Waals surface area contributed by atoms with Gasteiger partial charge in [-0.2, -0.15) is 0 Å². The highest BCUT2D eigenvalue weighted by atomic mass is 16.4. The molecule has 1 aliphatic rings. The second-order valence-corrected chi connectivity index (χ2v) is 5.95. The summed E-state index contributed by atoms with van der Waals surface area (Å²) in [7, 11) is 0. The van der Waals surface area contributed by atoms with Gasteiger partial charge in [-0.25, -0.2) is 0 Å². The van der Waals surface area contributed by atoms with E-state index in [2.05, 4.69) is 0 Å². The van der Waals surface area contributed by atoms with Gasteiger partial charge in [0, 0.05) is 24.0 Å². The topological polar surface area (TPSA) is 70.8 Å². The molecule has 1 unspecified atom stereocenters. The molecule has 2 aromatic rings. The van der Waals surface area contributed by atoms with Crippen LogP contribution in [0.4, 0.5) is 0 Å². The van der Waals surface area contributed by atoms with Crippen LogP contribution >= 0.6 is 0 Å². The van der Waals surface area contributed by atoms with Crippen molar-refractivity contribution in [1.29, 1.82) is 0 Å². The first-order valence-corrected chi connectivity index (χ1v) is 7.52. The molecule has 5 nitrogen and oxygen atoms in total. The zero-order chi connectivity index (χ0) is 15.7.